The molecule has 2 aromatic carbocycles. The minimum absolute atomic E-state index is 0.0591. The van der Waals surface area contributed by atoms with Crippen molar-refractivity contribution in [3.05, 3.63) is 60.7 Å². The molecule has 0 unspecified atom stereocenters. The number of ether oxygens (including phenoxy) is 2. The Balaban J connectivity index is 2.12. The van der Waals surface area contributed by atoms with Crippen LogP contribution in [0.5, 0.6) is 0 Å². The predicted octanol–water partition coefficient (Wildman–Crippen LogP) is 6.31. The zero-order valence-electron chi connectivity index (χ0n) is 21.9. The molecule has 1 aliphatic heterocycles. The van der Waals surface area contributed by atoms with E-state index < -0.39 is 14.1 Å². The Bertz CT molecular complexity index is 825. The number of hydrogen-bond acceptors (Lipinski definition) is 5. The van der Waals surface area contributed by atoms with Crippen LogP contribution < -0.4 is 10.4 Å². The van der Waals surface area contributed by atoms with E-state index >= 15 is 0 Å². The van der Waals surface area contributed by atoms with Gasteiger partial charge in [0.2, 0.25) is 0 Å². The molecule has 0 saturated carbocycles. The lowest BCUT2D eigenvalue weighted by Gasteiger charge is -2.46. The van der Waals surface area contributed by atoms with Crippen LogP contribution in [-0.2, 0) is 13.9 Å². The molecule has 2 aromatic rings. The molecule has 1 aliphatic rings. The maximum atomic E-state index is 7.58. The van der Waals surface area contributed by atoms with Crippen molar-refractivity contribution >= 4 is 42.2 Å². The number of thioether (sulfide) groups is 2. The zero-order valence-corrected chi connectivity index (χ0v) is 24.5. The first-order valence-corrected chi connectivity index (χ1v) is 16.5. The summed E-state index contributed by atoms with van der Waals surface area (Å²) in [5, 5.41) is 2.54. The molecule has 0 N–H and O–H groups in total. The summed E-state index contributed by atoms with van der Waals surface area (Å²) >= 11 is 4.03. The van der Waals surface area contributed by atoms with Gasteiger partial charge in [-0.3, -0.25) is 0 Å². The van der Waals surface area contributed by atoms with Crippen molar-refractivity contribution in [2.75, 3.05) is 18.1 Å². The van der Waals surface area contributed by atoms with Gasteiger partial charge in [-0.2, -0.15) is 0 Å². The molecular formula is C28H42O3S2Si. The highest BCUT2D eigenvalue weighted by atomic mass is 32.2. The minimum atomic E-state index is -2.69. The van der Waals surface area contributed by atoms with Crippen LogP contribution in [0.4, 0.5) is 0 Å². The Morgan fingerprint density at radius 3 is 1.82 bits per heavy atom. The normalized spacial score (nSPS) is 19.5. The summed E-state index contributed by atoms with van der Waals surface area (Å²) in [5.41, 5.74) is 0. The molecule has 34 heavy (non-hydrogen) atoms. The third-order valence-corrected chi connectivity index (χ3v) is 14.0. The summed E-state index contributed by atoms with van der Waals surface area (Å²) in [6, 6.07) is 21.8. The Hall–Kier alpha value is -0.763. The summed E-state index contributed by atoms with van der Waals surface area (Å²) in [4.78, 5) is 0. The highest BCUT2D eigenvalue weighted by Crippen LogP contribution is 2.41. The molecule has 2 atom stereocenters. The summed E-state index contributed by atoms with van der Waals surface area (Å²) < 4.78 is 20.5. The predicted molar refractivity (Wildman–Crippen MR) is 152 cm³/mol. The molecule has 3 nitrogen and oxygen atoms in total. The zero-order chi connectivity index (χ0) is 24.8. The fourth-order valence-electron chi connectivity index (χ4n) is 4.84. The second-order valence-corrected chi connectivity index (χ2v) is 17.8. The van der Waals surface area contributed by atoms with Gasteiger partial charge >= 0.3 is 0 Å². The molecule has 6 heteroatoms. The van der Waals surface area contributed by atoms with Gasteiger partial charge in [-0.15, -0.1) is 23.5 Å². The molecule has 0 radical (unpaired) electrons. The van der Waals surface area contributed by atoms with E-state index in [9.17, 15) is 0 Å². The van der Waals surface area contributed by atoms with Crippen LogP contribution in [-0.4, -0.2) is 49.0 Å². The SMILES string of the molecule is CCSC(C[C@H](O[Si](c1ccccc1)(c1ccccc1)C(C)(C)C)[C@H]1COC(C)(C)O1)SCC. The highest BCUT2D eigenvalue weighted by molar-refractivity contribution is 8.16. The molecule has 1 heterocycles. The molecule has 0 amide bonds. The molecule has 1 fully saturated rings. The second kappa shape index (κ2) is 12.0. The quantitative estimate of drug-likeness (QED) is 0.257. The first-order chi connectivity index (χ1) is 16.1. The van der Waals surface area contributed by atoms with Crippen molar-refractivity contribution in [2.24, 2.45) is 0 Å². The summed E-state index contributed by atoms with van der Waals surface area (Å²) in [6.45, 7) is 16.1. The number of rotatable bonds is 11. The lowest BCUT2D eigenvalue weighted by molar-refractivity contribution is -0.149. The van der Waals surface area contributed by atoms with Gasteiger partial charge in [-0.05, 0) is 47.2 Å². The summed E-state index contributed by atoms with van der Waals surface area (Å²) in [7, 11) is -2.69. The Morgan fingerprint density at radius 2 is 1.44 bits per heavy atom. The van der Waals surface area contributed by atoms with E-state index in [1.807, 2.05) is 37.4 Å². The van der Waals surface area contributed by atoms with E-state index in [-0.39, 0.29) is 17.2 Å². The van der Waals surface area contributed by atoms with E-state index in [1.54, 1.807) is 0 Å². The average molecular weight is 519 g/mol. The molecule has 1 saturated heterocycles. The third-order valence-electron chi connectivity index (χ3n) is 6.32. The minimum Gasteiger partial charge on any atom is -0.402 e. The summed E-state index contributed by atoms with van der Waals surface area (Å²) in [6.07, 6.45) is 0.788. The molecule has 0 aliphatic carbocycles. The Morgan fingerprint density at radius 1 is 0.941 bits per heavy atom. The first kappa shape index (κ1) is 27.8. The van der Waals surface area contributed by atoms with Gasteiger partial charge in [-0.1, -0.05) is 95.3 Å². The monoisotopic (exact) mass is 518 g/mol. The lowest BCUT2D eigenvalue weighted by atomic mass is 10.1. The topological polar surface area (TPSA) is 27.7 Å². The van der Waals surface area contributed by atoms with Crippen LogP contribution in [0.2, 0.25) is 5.04 Å². The maximum absolute atomic E-state index is 7.58. The molecular weight excluding hydrogens is 477 g/mol. The van der Waals surface area contributed by atoms with Crippen molar-refractivity contribution in [1.82, 2.24) is 0 Å². The van der Waals surface area contributed by atoms with Crippen molar-refractivity contribution in [3.63, 3.8) is 0 Å². The second-order valence-electron chi connectivity index (χ2n) is 10.3. The van der Waals surface area contributed by atoms with Crippen LogP contribution in [0.3, 0.4) is 0 Å². The highest BCUT2D eigenvalue weighted by Gasteiger charge is 2.53. The van der Waals surface area contributed by atoms with Crippen LogP contribution in [0.25, 0.3) is 0 Å². The van der Waals surface area contributed by atoms with Crippen molar-refractivity contribution in [1.29, 1.82) is 0 Å². The van der Waals surface area contributed by atoms with E-state index in [4.69, 9.17) is 13.9 Å². The van der Waals surface area contributed by atoms with E-state index in [0.29, 0.717) is 11.2 Å². The first-order valence-electron chi connectivity index (χ1n) is 12.5. The van der Waals surface area contributed by atoms with Gasteiger partial charge in [-0.25, -0.2) is 0 Å². The summed E-state index contributed by atoms with van der Waals surface area (Å²) in [5.74, 6) is 1.61. The van der Waals surface area contributed by atoms with Gasteiger partial charge < -0.3 is 13.9 Å². The van der Waals surface area contributed by atoms with Gasteiger partial charge in [0.15, 0.2) is 5.79 Å². The Labute approximate surface area is 216 Å². The number of hydrogen-bond donors (Lipinski definition) is 0. The fraction of sp³-hybridized carbons (Fsp3) is 0.571. The van der Waals surface area contributed by atoms with Crippen molar-refractivity contribution < 1.29 is 13.9 Å². The molecule has 0 spiro atoms. The van der Waals surface area contributed by atoms with E-state index in [2.05, 4.69) is 95.3 Å². The third kappa shape index (κ3) is 6.51. The largest absolute Gasteiger partial charge is 0.402 e. The fourth-order valence-corrected chi connectivity index (χ4v) is 12.2. The van der Waals surface area contributed by atoms with E-state index in [0.717, 1.165) is 17.9 Å². The van der Waals surface area contributed by atoms with Crippen LogP contribution >= 0.6 is 23.5 Å². The van der Waals surface area contributed by atoms with Gasteiger partial charge in [0.1, 0.15) is 6.10 Å². The van der Waals surface area contributed by atoms with Crippen LogP contribution in [0, 0.1) is 0 Å². The van der Waals surface area contributed by atoms with Crippen LogP contribution in [0.1, 0.15) is 54.9 Å². The number of benzene rings is 2. The molecule has 188 valence electrons. The van der Waals surface area contributed by atoms with Gasteiger partial charge in [0.05, 0.1) is 17.3 Å². The molecule has 0 bridgehead atoms. The smallest absolute Gasteiger partial charge is 0.261 e. The van der Waals surface area contributed by atoms with Crippen LogP contribution in [0.15, 0.2) is 60.7 Å². The van der Waals surface area contributed by atoms with E-state index in [1.165, 1.54) is 10.4 Å². The average Bonchev–Trinajstić information content (AvgIpc) is 3.17. The maximum Gasteiger partial charge on any atom is 0.261 e. The molecule has 3 rings (SSSR count). The molecule has 0 aromatic heterocycles. The van der Waals surface area contributed by atoms with Crippen molar-refractivity contribution in [3.8, 4) is 0 Å². The van der Waals surface area contributed by atoms with Gasteiger partial charge in [0.25, 0.3) is 8.32 Å². The Kier molecular flexibility index (Phi) is 9.80. The van der Waals surface area contributed by atoms with Gasteiger partial charge in [0, 0.05) is 0 Å². The standard InChI is InChI=1S/C28H42O3S2Si/c1-8-32-26(33-9-2)20-24(25-21-29-28(6,7)30-25)31-34(27(3,4)5,22-16-12-10-13-17-22)23-18-14-11-15-19-23/h10-19,24-26H,8-9,20-21H2,1-7H3/t24-,25+/m0/s1. The lowest BCUT2D eigenvalue weighted by Crippen LogP contribution is -2.68. The van der Waals surface area contributed by atoms with Crippen molar-refractivity contribution in [2.45, 2.75) is 82.5 Å².